The van der Waals surface area contributed by atoms with Crippen molar-refractivity contribution < 1.29 is 14.3 Å². The molecular weight excluding hydrogens is 278 g/mol. The molecule has 1 saturated heterocycles. The van der Waals surface area contributed by atoms with Gasteiger partial charge in [-0.25, -0.2) is 4.79 Å². The molecule has 0 atom stereocenters. The topological polar surface area (TPSA) is 46.6 Å². The van der Waals surface area contributed by atoms with Gasteiger partial charge in [0, 0.05) is 12.8 Å². The van der Waals surface area contributed by atoms with E-state index in [4.69, 9.17) is 4.74 Å². The van der Waals surface area contributed by atoms with Crippen LogP contribution in [-0.2, 0) is 9.53 Å². The standard InChI is InChI=1S/C18H33NO3/c1-8-17(9-2)12-14(20)13-18(10-3,11-4)19(17)15(21)22-16(5,6)7/h8-13H2,1-7H3. The summed E-state index contributed by atoms with van der Waals surface area (Å²) in [7, 11) is 0. The Morgan fingerprint density at radius 3 is 1.64 bits per heavy atom. The van der Waals surface area contributed by atoms with Gasteiger partial charge in [-0.1, -0.05) is 27.7 Å². The maximum Gasteiger partial charge on any atom is 0.411 e. The Bertz CT molecular complexity index is 391. The molecule has 1 aliphatic rings. The summed E-state index contributed by atoms with van der Waals surface area (Å²) in [4.78, 5) is 27.3. The highest BCUT2D eigenvalue weighted by molar-refractivity contribution is 5.85. The van der Waals surface area contributed by atoms with Crippen LogP contribution in [0.2, 0.25) is 0 Å². The smallest absolute Gasteiger partial charge is 0.411 e. The van der Waals surface area contributed by atoms with Gasteiger partial charge in [-0.15, -0.1) is 0 Å². The number of ketones is 1. The minimum Gasteiger partial charge on any atom is -0.444 e. The van der Waals surface area contributed by atoms with Crippen LogP contribution in [0.4, 0.5) is 4.79 Å². The zero-order chi connectivity index (χ0) is 17.2. The molecule has 0 aromatic carbocycles. The summed E-state index contributed by atoms with van der Waals surface area (Å²) in [5.41, 5.74) is -1.35. The molecule has 0 bridgehead atoms. The lowest BCUT2D eigenvalue weighted by molar-refractivity contribution is -0.138. The number of hydrogen-bond donors (Lipinski definition) is 0. The van der Waals surface area contributed by atoms with Crippen molar-refractivity contribution in [1.82, 2.24) is 4.90 Å². The average molecular weight is 311 g/mol. The lowest BCUT2D eigenvalue weighted by Crippen LogP contribution is -2.67. The van der Waals surface area contributed by atoms with E-state index in [0.717, 1.165) is 25.7 Å². The lowest BCUT2D eigenvalue weighted by atomic mass is 9.71. The van der Waals surface area contributed by atoms with Crippen molar-refractivity contribution in [1.29, 1.82) is 0 Å². The van der Waals surface area contributed by atoms with Gasteiger partial charge >= 0.3 is 6.09 Å². The average Bonchev–Trinajstić information content (AvgIpc) is 2.43. The van der Waals surface area contributed by atoms with Crippen LogP contribution in [0.15, 0.2) is 0 Å². The Balaban J connectivity index is 3.36. The first-order chi connectivity index (χ1) is 10.1. The van der Waals surface area contributed by atoms with E-state index in [0.29, 0.717) is 12.8 Å². The van der Waals surface area contributed by atoms with Crippen LogP contribution in [-0.4, -0.2) is 33.5 Å². The van der Waals surface area contributed by atoms with Crippen molar-refractivity contribution in [3.8, 4) is 0 Å². The molecule has 1 amide bonds. The van der Waals surface area contributed by atoms with Crippen molar-refractivity contribution in [3.05, 3.63) is 0 Å². The van der Waals surface area contributed by atoms with Gasteiger partial charge < -0.3 is 4.74 Å². The fraction of sp³-hybridized carbons (Fsp3) is 0.889. The predicted octanol–water partition coefficient (Wildman–Crippen LogP) is 4.70. The molecule has 0 radical (unpaired) electrons. The second kappa shape index (κ2) is 6.59. The van der Waals surface area contributed by atoms with Crippen LogP contribution >= 0.6 is 0 Å². The Morgan fingerprint density at radius 2 is 1.36 bits per heavy atom. The molecule has 128 valence electrons. The summed E-state index contributed by atoms with van der Waals surface area (Å²) in [5, 5.41) is 0. The molecule has 0 aliphatic carbocycles. The fourth-order valence-corrected chi connectivity index (χ4v) is 3.79. The first kappa shape index (κ1) is 19.0. The largest absolute Gasteiger partial charge is 0.444 e. The summed E-state index contributed by atoms with van der Waals surface area (Å²) in [6.45, 7) is 13.9. The summed E-state index contributed by atoms with van der Waals surface area (Å²) in [6.07, 6.45) is 3.72. The maximum atomic E-state index is 13.0. The fourth-order valence-electron chi connectivity index (χ4n) is 3.79. The second-order valence-corrected chi connectivity index (χ2v) is 7.57. The first-order valence-corrected chi connectivity index (χ1v) is 8.64. The summed E-state index contributed by atoms with van der Waals surface area (Å²) < 4.78 is 5.71. The van der Waals surface area contributed by atoms with E-state index >= 15 is 0 Å². The Hall–Kier alpha value is -1.06. The number of carbonyl (C=O) groups excluding carboxylic acids is 2. The van der Waals surface area contributed by atoms with E-state index in [9.17, 15) is 9.59 Å². The number of likely N-dealkylation sites (tertiary alicyclic amines) is 1. The number of ether oxygens (including phenoxy) is 1. The van der Waals surface area contributed by atoms with Gasteiger partial charge in [0.25, 0.3) is 0 Å². The van der Waals surface area contributed by atoms with Gasteiger partial charge in [-0.05, 0) is 46.5 Å². The number of amides is 1. The van der Waals surface area contributed by atoms with Crippen LogP contribution in [0.25, 0.3) is 0 Å². The van der Waals surface area contributed by atoms with E-state index in [1.807, 2.05) is 25.7 Å². The van der Waals surface area contributed by atoms with E-state index < -0.39 is 16.7 Å². The third-order valence-electron chi connectivity index (χ3n) is 5.21. The maximum absolute atomic E-state index is 13.0. The molecule has 0 aromatic heterocycles. The zero-order valence-corrected chi connectivity index (χ0v) is 15.4. The van der Waals surface area contributed by atoms with Gasteiger partial charge in [0.2, 0.25) is 0 Å². The van der Waals surface area contributed by atoms with Gasteiger partial charge in [-0.2, -0.15) is 0 Å². The summed E-state index contributed by atoms with van der Waals surface area (Å²) in [5.74, 6) is 0.271. The number of nitrogens with zero attached hydrogens (tertiary/aromatic N) is 1. The van der Waals surface area contributed by atoms with Crippen LogP contribution in [0.1, 0.15) is 87.0 Å². The van der Waals surface area contributed by atoms with Crippen LogP contribution in [0.3, 0.4) is 0 Å². The Labute approximate surface area is 135 Å². The SMILES string of the molecule is CCC1(CC)CC(=O)CC(CC)(CC)N1C(=O)OC(C)(C)C. The molecule has 0 spiro atoms. The minimum absolute atomic E-state index is 0.271. The third kappa shape index (κ3) is 3.47. The van der Waals surface area contributed by atoms with Gasteiger partial charge in [0.1, 0.15) is 11.4 Å². The predicted molar refractivity (Wildman–Crippen MR) is 88.9 cm³/mol. The second-order valence-electron chi connectivity index (χ2n) is 7.57. The number of Topliss-reactive ketones (excluding diaryl/α,β-unsaturated/α-hetero) is 1. The van der Waals surface area contributed by atoms with Crippen LogP contribution < -0.4 is 0 Å². The van der Waals surface area contributed by atoms with E-state index in [1.165, 1.54) is 0 Å². The van der Waals surface area contributed by atoms with Crippen molar-refractivity contribution in [2.24, 2.45) is 0 Å². The lowest BCUT2D eigenvalue weighted by Gasteiger charge is -2.56. The monoisotopic (exact) mass is 311 g/mol. The molecule has 1 heterocycles. The quantitative estimate of drug-likeness (QED) is 0.755. The van der Waals surface area contributed by atoms with Gasteiger partial charge in [-0.3, -0.25) is 9.69 Å². The Kier molecular flexibility index (Phi) is 5.69. The van der Waals surface area contributed by atoms with Crippen molar-refractivity contribution in [3.63, 3.8) is 0 Å². The van der Waals surface area contributed by atoms with Crippen LogP contribution in [0, 0.1) is 0 Å². The third-order valence-corrected chi connectivity index (χ3v) is 5.21. The summed E-state index contributed by atoms with van der Waals surface area (Å²) >= 11 is 0. The van der Waals surface area contributed by atoms with E-state index in [-0.39, 0.29) is 11.9 Å². The highest BCUT2D eigenvalue weighted by Gasteiger charge is 2.54. The van der Waals surface area contributed by atoms with Gasteiger partial charge in [0.15, 0.2) is 0 Å². The minimum atomic E-state index is -0.529. The molecule has 0 saturated carbocycles. The van der Waals surface area contributed by atoms with Gasteiger partial charge in [0.05, 0.1) is 11.1 Å². The molecule has 0 unspecified atom stereocenters. The van der Waals surface area contributed by atoms with Crippen LogP contribution in [0.5, 0.6) is 0 Å². The highest BCUT2D eigenvalue weighted by atomic mass is 16.6. The molecule has 22 heavy (non-hydrogen) atoms. The molecule has 1 rings (SSSR count). The molecule has 0 N–H and O–H groups in total. The molecule has 1 fully saturated rings. The zero-order valence-electron chi connectivity index (χ0n) is 15.4. The molecule has 1 aliphatic heterocycles. The molecule has 0 aromatic rings. The van der Waals surface area contributed by atoms with Crippen molar-refractivity contribution >= 4 is 11.9 Å². The molecular formula is C18H33NO3. The number of rotatable bonds is 4. The summed E-state index contributed by atoms with van der Waals surface area (Å²) in [6, 6.07) is 0. The first-order valence-electron chi connectivity index (χ1n) is 8.64. The molecule has 4 nitrogen and oxygen atoms in total. The molecule has 4 heteroatoms. The number of hydrogen-bond acceptors (Lipinski definition) is 3. The highest BCUT2D eigenvalue weighted by Crippen LogP contribution is 2.45. The Morgan fingerprint density at radius 1 is 1.00 bits per heavy atom. The number of piperidine rings is 1. The van der Waals surface area contributed by atoms with Crippen molar-refractivity contribution in [2.75, 3.05) is 0 Å². The normalized spacial score (nSPS) is 20.9. The number of carbonyl (C=O) groups is 2. The van der Waals surface area contributed by atoms with E-state index in [1.54, 1.807) is 0 Å². The van der Waals surface area contributed by atoms with Crippen molar-refractivity contribution in [2.45, 2.75) is 104 Å². The van der Waals surface area contributed by atoms with E-state index in [2.05, 4.69) is 27.7 Å².